The lowest BCUT2D eigenvalue weighted by Crippen LogP contribution is -2.34. The molecule has 39 heavy (non-hydrogen) atoms. The normalized spacial score (nSPS) is 11.6. The van der Waals surface area contributed by atoms with Gasteiger partial charge in [-0.2, -0.15) is 0 Å². The van der Waals surface area contributed by atoms with Crippen LogP contribution in [0.15, 0.2) is 85.2 Å². The van der Waals surface area contributed by atoms with Crippen LogP contribution in [0.3, 0.4) is 0 Å². The summed E-state index contributed by atoms with van der Waals surface area (Å²) in [5, 5.41) is 2.83. The van der Waals surface area contributed by atoms with Crippen LogP contribution in [-0.4, -0.2) is 28.5 Å². The van der Waals surface area contributed by atoms with Crippen molar-refractivity contribution in [3.05, 3.63) is 96.3 Å². The molecule has 5 rings (SSSR count). The van der Waals surface area contributed by atoms with Gasteiger partial charge in [-0.05, 0) is 70.0 Å². The summed E-state index contributed by atoms with van der Waals surface area (Å²) in [4.78, 5) is 32.1. The number of aromatic nitrogens is 2. The Kier molecular flexibility index (Phi) is 6.96. The van der Waals surface area contributed by atoms with E-state index in [2.05, 4.69) is 85.1 Å². The zero-order valence-electron chi connectivity index (χ0n) is 23.1. The molecule has 6 heteroatoms. The topological polar surface area (TPSA) is 64.4 Å². The Morgan fingerprint density at radius 2 is 1.64 bits per heavy atom. The molecule has 198 valence electrons. The molecule has 0 aliphatic carbocycles. The lowest BCUT2D eigenvalue weighted by molar-refractivity contribution is -0.120. The van der Waals surface area contributed by atoms with Gasteiger partial charge in [0.15, 0.2) is 0 Å². The molecule has 0 fully saturated rings. The summed E-state index contributed by atoms with van der Waals surface area (Å²) in [7, 11) is 3.41. The lowest BCUT2D eigenvalue weighted by atomic mass is 9.91. The standard InChI is InChI=1S/C33H33N3O3/c1-33(2,3)20-30(37)36(31-28-12-10-27(32(38)39-5)19-25(28)14-16-34-31)21-22-6-8-23(9-7-22)24-11-13-29-26(18-24)15-17-35(29)4/h6-19H,20-21H2,1-5H3. The first-order valence-electron chi connectivity index (χ1n) is 13.0. The minimum absolute atomic E-state index is 0.00171. The fraction of sp³-hybridized carbons (Fsp3) is 0.242. The van der Waals surface area contributed by atoms with E-state index in [1.54, 1.807) is 23.2 Å². The van der Waals surface area contributed by atoms with E-state index >= 15 is 0 Å². The maximum absolute atomic E-state index is 13.7. The van der Waals surface area contributed by atoms with Crippen molar-refractivity contribution in [3.8, 4) is 11.1 Å². The Morgan fingerprint density at radius 1 is 0.897 bits per heavy atom. The van der Waals surface area contributed by atoms with E-state index in [0.717, 1.165) is 27.5 Å². The van der Waals surface area contributed by atoms with Gasteiger partial charge in [0.05, 0.1) is 19.2 Å². The molecule has 3 aromatic carbocycles. The molecule has 6 nitrogen and oxygen atoms in total. The van der Waals surface area contributed by atoms with Crippen LogP contribution in [0.25, 0.3) is 32.8 Å². The number of hydrogen-bond acceptors (Lipinski definition) is 4. The van der Waals surface area contributed by atoms with Crippen LogP contribution in [-0.2, 0) is 23.1 Å². The van der Waals surface area contributed by atoms with Crippen LogP contribution >= 0.6 is 0 Å². The molecule has 0 atom stereocenters. The first kappa shape index (κ1) is 26.2. The molecule has 0 radical (unpaired) electrons. The number of hydrogen-bond donors (Lipinski definition) is 0. The fourth-order valence-electron chi connectivity index (χ4n) is 4.90. The molecule has 0 spiro atoms. The third-order valence-corrected chi connectivity index (χ3v) is 6.92. The van der Waals surface area contributed by atoms with Crippen molar-refractivity contribution in [1.29, 1.82) is 0 Å². The predicted molar refractivity (Wildman–Crippen MR) is 157 cm³/mol. The number of anilines is 1. The second kappa shape index (κ2) is 10.4. The number of carbonyl (C=O) groups is 2. The van der Waals surface area contributed by atoms with Gasteiger partial charge >= 0.3 is 5.97 Å². The summed E-state index contributed by atoms with van der Waals surface area (Å²) >= 11 is 0. The third kappa shape index (κ3) is 5.55. The maximum atomic E-state index is 13.7. The first-order valence-corrected chi connectivity index (χ1v) is 13.0. The second-order valence-corrected chi connectivity index (χ2v) is 11.2. The Labute approximate surface area is 228 Å². The molecule has 0 saturated heterocycles. The monoisotopic (exact) mass is 519 g/mol. The van der Waals surface area contributed by atoms with Gasteiger partial charge in [0.1, 0.15) is 5.82 Å². The van der Waals surface area contributed by atoms with E-state index in [-0.39, 0.29) is 11.3 Å². The highest BCUT2D eigenvalue weighted by Gasteiger charge is 2.25. The van der Waals surface area contributed by atoms with Crippen molar-refractivity contribution >= 4 is 39.4 Å². The Hall–Kier alpha value is -4.45. The number of esters is 1. The van der Waals surface area contributed by atoms with Gasteiger partial charge in [-0.1, -0.05) is 51.1 Å². The summed E-state index contributed by atoms with van der Waals surface area (Å²) in [5.41, 5.74) is 4.75. The van der Waals surface area contributed by atoms with Crippen molar-refractivity contribution in [2.24, 2.45) is 12.5 Å². The molecule has 0 aliphatic heterocycles. The minimum atomic E-state index is -0.401. The van der Waals surface area contributed by atoms with Crippen molar-refractivity contribution in [1.82, 2.24) is 9.55 Å². The zero-order chi connectivity index (χ0) is 27.7. The minimum Gasteiger partial charge on any atom is -0.465 e. The number of rotatable bonds is 6. The molecule has 2 heterocycles. The van der Waals surface area contributed by atoms with Gasteiger partial charge in [0.2, 0.25) is 5.91 Å². The molecular formula is C33H33N3O3. The fourth-order valence-corrected chi connectivity index (χ4v) is 4.90. The SMILES string of the molecule is COC(=O)c1ccc2c(N(Cc3ccc(-c4ccc5c(ccn5C)c4)cc3)C(=O)CC(C)(C)C)nccc2c1. The number of pyridine rings is 1. The average molecular weight is 520 g/mol. The van der Waals surface area contributed by atoms with Gasteiger partial charge in [-0.25, -0.2) is 9.78 Å². The number of carbonyl (C=O) groups excluding carboxylic acids is 2. The van der Waals surface area contributed by atoms with Crippen molar-refractivity contribution < 1.29 is 14.3 Å². The van der Waals surface area contributed by atoms with Crippen molar-refractivity contribution in [2.75, 3.05) is 12.0 Å². The molecule has 5 aromatic rings. The van der Waals surface area contributed by atoms with Crippen molar-refractivity contribution in [3.63, 3.8) is 0 Å². The first-order chi connectivity index (χ1) is 18.6. The smallest absolute Gasteiger partial charge is 0.337 e. The van der Waals surface area contributed by atoms with Crippen LogP contribution in [0, 0.1) is 5.41 Å². The van der Waals surface area contributed by atoms with Gasteiger partial charge < -0.3 is 9.30 Å². The Morgan fingerprint density at radius 3 is 2.36 bits per heavy atom. The van der Waals surface area contributed by atoms with Crippen molar-refractivity contribution in [2.45, 2.75) is 33.7 Å². The summed E-state index contributed by atoms with van der Waals surface area (Å²) in [6.07, 6.45) is 4.12. The molecule has 0 aliphatic rings. The number of nitrogens with zero attached hydrogens (tertiary/aromatic N) is 3. The average Bonchev–Trinajstić information content (AvgIpc) is 3.29. The molecule has 0 saturated carbocycles. The molecular weight excluding hydrogens is 486 g/mol. The van der Waals surface area contributed by atoms with Crippen LogP contribution in [0.5, 0.6) is 0 Å². The van der Waals surface area contributed by atoms with Gasteiger partial charge in [0, 0.05) is 42.2 Å². The van der Waals surface area contributed by atoms with E-state index in [1.165, 1.54) is 18.0 Å². The van der Waals surface area contributed by atoms with E-state index in [4.69, 9.17) is 4.74 Å². The van der Waals surface area contributed by atoms with E-state index in [1.807, 2.05) is 19.2 Å². The summed E-state index contributed by atoms with van der Waals surface area (Å²) < 4.78 is 6.99. The molecule has 0 bridgehead atoms. The lowest BCUT2D eigenvalue weighted by Gasteiger charge is -2.27. The highest BCUT2D eigenvalue weighted by molar-refractivity contribution is 6.04. The van der Waals surface area contributed by atoms with Gasteiger partial charge in [-0.3, -0.25) is 9.69 Å². The van der Waals surface area contributed by atoms with E-state index in [9.17, 15) is 9.59 Å². The number of amides is 1. The van der Waals surface area contributed by atoms with Crippen LogP contribution in [0.4, 0.5) is 5.82 Å². The van der Waals surface area contributed by atoms with Crippen LogP contribution in [0.1, 0.15) is 43.1 Å². The number of aryl methyl sites for hydroxylation is 1. The second-order valence-electron chi connectivity index (χ2n) is 11.2. The van der Waals surface area contributed by atoms with E-state index in [0.29, 0.717) is 24.3 Å². The van der Waals surface area contributed by atoms with Crippen LogP contribution < -0.4 is 4.90 Å². The third-order valence-electron chi connectivity index (χ3n) is 6.92. The Balaban J connectivity index is 1.49. The summed E-state index contributed by atoms with van der Waals surface area (Å²) in [6.45, 7) is 6.56. The molecule has 0 N–H and O–H groups in total. The van der Waals surface area contributed by atoms with E-state index < -0.39 is 5.97 Å². The quantitative estimate of drug-likeness (QED) is 0.224. The maximum Gasteiger partial charge on any atom is 0.337 e. The summed E-state index contributed by atoms with van der Waals surface area (Å²) in [6, 6.07) is 24.1. The number of methoxy groups -OCH3 is 1. The summed E-state index contributed by atoms with van der Waals surface area (Å²) in [5.74, 6) is 0.178. The van der Waals surface area contributed by atoms with Gasteiger partial charge in [0.25, 0.3) is 0 Å². The highest BCUT2D eigenvalue weighted by Crippen LogP contribution is 2.31. The Bertz CT molecular complexity index is 1680. The molecule has 1 amide bonds. The number of benzene rings is 3. The molecule has 2 aromatic heterocycles. The number of ether oxygens (including phenoxy) is 1. The van der Waals surface area contributed by atoms with Crippen LogP contribution in [0.2, 0.25) is 0 Å². The largest absolute Gasteiger partial charge is 0.465 e. The molecule has 0 unspecified atom stereocenters. The highest BCUT2D eigenvalue weighted by atomic mass is 16.5. The predicted octanol–water partition coefficient (Wildman–Crippen LogP) is 7.15. The van der Waals surface area contributed by atoms with Gasteiger partial charge in [-0.15, -0.1) is 0 Å². The number of fused-ring (bicyclic) bond motifs is 2. The zero-order valence-corrected chi connectivity index (χ0v) is 23.1.